The Morgan fingerprint density at radius 1 is 0.947 bits per heavy atom. The fraction of sp³-hybridized carbons (Fsp3) is 0.400. The van der Waals surface area contributed by atoms with Crippen LogP contribution in [-0.4, -0.2) is 47.3 Å². The van der Waals surface area contributed by atoms with Crippen LogP contribution < -0.4 is 10.2 Å². The minimum atomic E-state index is -0.627. The van der Waals surface area contributed by atoms with Crippen LogP contribution >= 0.6 is 0 Å². The molecule has 3 heterocycles. The standard InChI is InChI=1S/C30H31F2N5O/c31-21-14-23-24(17-33-29(23)25(32)15-21)30-35-27(20-5-7-22(8-6-20)37-9-11-38-12-10-37)16-28(36-30)34-26-13-18-1-3-19(26)4-2-18/h5-8,14-19,26,33H,1-4,9-13H2,(H,34,35,36). The maximum atomic E-state index is 14.4. The van der Waals surface area contributed by atoms with E-state index in [0.29, 0.717) is 28.7 Å². The van der Waals surface area contributed by atoms with E-state index in [2.05, 4.69) is 39.5 Å². The van der Waals surface area contributed by atoms with Crippen molar-refractivity contribution in [1.82, 2.24) is 15.0 Å². The van der Waals surface area contributed by atoms with E-state index >= 15 is 0 Å². The number of nitrogens with zero attached hydrogens (tertiary/aromatic N) is 3. The summed E-state index contributed by atoms with van der Waals surface area (Å²) in [7, 11) is 0. The molecule has 2 bridgehead atoms. The Hall–Kier alpha value is -3.52. The highest BCUT2D eigenvalue weighted by molar-refractivity contribution is 5.94. The number of morpholine rings is 1. The van der Waals surface area contributed by atoms with Gasteiger partial charge in [-0.2, -0.15) is 0 Å². The Balaban J connectivity index is 1.28. The van der Waals surface area contributed by atoms with Crippen molar-refractivity contribution in [3.63, 3.8) is 0 Å². The van der Waals surface area contributed by atoms with Crippen molar-refractivity contribution in [3.8, 4) is 22.6 Å². The van der Waals surface area contributed by atoms with E-state index in [1.807, 2.05) is 6.07 Å². The average molecular weight is 516 g/mol. The topological polar surface area (TPSA) is 66.1 Å². The largest absolute Gasteiger partial charge is 0.378 e. The van der Waals surface area contributed by atoms with Crippen LogP contribution in [-0.2, 0) is 4.74 Å². The molecule has 0 radical (unpaired) electrons. The van der Waals surface area contributed by atoms with Crippen molar-refractivity contribution < 1.29 is 13.5 Å². The number of aromatic amines is 1. The zero-order valence-electron chi connectivity index (χ0n) is 21.2. The predicted molar refractivity (Wildman–Crippen MR) is 145 cm³/mol. The van der Waals surface area contributed by atoms with Crippen molar-refractivity contribution in [1.29, 1.82) is 0 Å². The Kier molecular flexibility index (Phi) is 5.99. The lowest BCUT2D eigenvalue weighted by molar-refractivity contribution is 0.122. The minimum absolute atomic E-state index is 0.254. The lowest BCUT2D eigenvalue weighted by Gasteiger charge is -2.42. The monoisotopic (exact) mass is 515 g/mol. The number of anilines is 2. The van der Waals surface area contributed by atoms with Crippen LogP contribution in [0.2, 0.25) is 0 Å². The van der Waals surface area contributed by atoms with Gasteiger partial charge in [0.2, 0.25) is 0 Å². The highest BCUT2D eigenvalue weighted by Gasteiger charge is 2.35. The third-order valence-corrected chi connectivity index (χ3v) is 8.59. The van der Waals surface area contributed by atoms with Gasteiger partial charge in [0, 0.05) is 59.7 Å². The summed E-state index contributed by atoms with van der Waals surface area (Å²) in [6.45, 7) is 3.23. The minimum Gasteiger partial charge on any atom is -0.378 e. The number of hydrogen-bond acceptors (Lipinski definition) is 5. The molecule has 3 aliphatic carbocycles. The summed E-state index contributed by atoms with van der Waals surface area (Å²) in [5.74, 6) is 1.39. The van der Waals surface area contributed by atoms with E-state index in [1.165, 1.54) is 31.7 Å². The number of rotatable bonds is 5. The third kappa shape index (κ3) is 4.41. The second kappa shape index (κ2) is 9.66. The van der Waals surface area contributed by atoms with Gasteiger partial charge in [-0.15, -0.1) is 0 Å². The average Bonchev–Trinajstić information content (AvgIpc) is 3.38. The summed E-state index contributed by atoms with van der Waals surface area (Å²) in [6.07, 6.45) is 8.00. The lowest BCUT2D eigenvalue weighted by Crippen LogP contribution is -2.40. The van der Waals surface area contributed by atoms with E-state index in [-0.39, 0.29) is 5.52 Å². The van der Waals surface area contributed by atoms with Crippen LogP contribution in [0, 0.1) is 23.5 Å². The molecular formula is C30H31F2N5O. The number of hydrogen-bond donors (Lipinski definition) is 2. The first kappa shape index (κ1) is 23.6. The number of H-pyrrole nitrogens is 1. The van der Waals surface area contributed by atoms with Crippen LogP contribution in [0.3, 0.4) is 0 Å². The molecule has 1 unspecified atom stereocenters. The van der Waals surface area contributed by atoms with Crippen molar-refractivity contribution in [2.75, 3.05) is 36.5 Å². The van der Waals surface area contributed by atoms with Gasteiger partial charge in [-0.05, 0) is 49.3 Å². The molecule has 2 aromatic heterocycles. The van der Waals surface area contributed by atoms with Crippen molar-refractivity contribution in [3.05, 3.63) is 60.3 Å². The molecule has 2 aromatic carbocycles. The van der Waals surface area contributed by atoms with Gasteiger partial charge in [0.25, 0.3) is 0 Å². The van der Waals surface area contributed by atoms with Crippen LogP contribution in [0.5, 0.6) is 0 Å². The van der Waals surface area contributed by atoms with Gasteiger partial charge in [-0.1, -0.05) is 25.0 Å². The molecule has 8 heteroatoms. The van der Waals surface area contributed by atoms with Crippen LogP contribution in [0.15, 0.2) is 48.7 Å². The molecule has 3 saturated carbocycles. The number of nitrogens with one attached hydrogen (secondary N) is 2. The first-order valence-electron chi connectivity index (χ1n) is 13.7. The van der Waals surface area contributed by atoms with Gasteiger partial charge in [-0.3, -0.25) is 0 Å². The molecule has 0 amide bonds. The Bertz CT molecular complexity index is 1460. The van der Waals surface area contributed by atoms with Crippen LogP contribution in [0.1, 0.15) is 32.1 Å². The predicted octanol–water partition coefficient (Wildman–Crippen LogP) is 6.40. The fourth-order valence-corrected chi connectivity index (χ4v) is 6.54. The summed E-state index contributed by atoms with van der Waals surface area (Å²) in [6, 6.07) is 13.0. The SMILES string of the molecule is Fc1cc(F)c2[nH]cc(-c3nc(NC4CC5CCC4CC5)cc(-c4ccc(N5CCOCC5)cc4)n3)c2c1. The molecular weight excluding hydrogens is 484 g/mol. The van der Waals surface area contributed by atoms with Gasteiger partial charge in [0.15, 0.2) is 5.82 Å². The van der Waals surface area contributed by atoms with E-state index in [9.17, 15) is 8.78 Å². The van der Waals surface area contributed by atoms with Crippen molar-refractivity contribution in [2.24, 2.45) is 11.8 Å². The maximum absolute atomic E-state index is 14.4. The summed E-state index contributed by atoms with van der Waals surface area (Å²) in [5.41, 5.74) is 3.74. The Labute approximate surface area is 220 Å². The highest BCUT2D eigenvalue weighted by Crippen LogP contribution is 2.42. The summed E-state index contributed by atoms with van der Waals surface area (Å²) in [4.78, 5) is 15.0. The second-order valence-electron chi connectivity index (χ2n) is 10.9. The van der Waals surface area contributed by atoms with Gasteiger partial charge in [-0.25, -0.2) is 18.7 Å². The fourth-order valence-electron chi connectivity index (χ4n) is 6.54. The molecule has 1 saturated heterocycles. The van der Waals surface area contributed by atoms with Crippen LogP contribution in [0.25, 0.3) is 33.5 Å². The number of ether oxygens (including phenoxy) is 1. The van der Waals surface area contributed by atoms with Gasteiger partial charge >= 0.3 is 0 Å². The van der Waals surface area contributed by atoms with Crippen LogP contribution in [0.4, 0.5) is 20.3 Å². The smallest absolute Gasteiger partial charge is 0.164 e. The molecule has 4 aliphatic rings. The molecule has 1 aliphatic heterocycles. The first-order chi connectivity index (χ1) is 18.6. The number of halogens is 2. The van der Waals surface area contributed by atoms with E-state index in [4.69, 9.17) is 14.7 Å². The van der Waals surface area contributed by atoms with E-state index in [1.54, 1.807) is 6.20 Å². The van der Waals surface area contributed by atoms with Crippen molar-refractivity contribution >= 4 is 22.4 Å². The summed E-state index contributed by atoms with van der Waals surface area (Å²) < 4.78 is 34.1. The maximum Gasteiger partial charge on any atom is 0.164 e. The number of benzene rings is 2. The summed E-state index contributed by atoms with van der Waals surface area (Å²) >= 11 is 0. The van der Waals surface area contributed by atoms with Gasteiger partial charge in [0.05, 0.1) is 24.4 Å². The highest BCUT2D eigenvalue weighted by atomic mass is 19.1. The molecule has 4 fully saturated rings. The van der Waals surface area contributed by atoms with E-state index in [0.717, 1.165) is 67.5 Å². The first-order valence-corrected chi connectivity index (χ1v) is 13.7. The quantitative estimate of drug-likeness (QED) is 0.322. The number of aromatic nitrogens is 3. The second-order valence-corrected chi connectivity index (χ2v) is 10.9. The molecule has 8 rings (SSSR count). The molecule has 6 nitrogen and oxygen atoms in total. The molecule has 2 N–H and O–H groups in total. The zero-order valence-corrected chi connectivity index (χ0v) is 21.2. The van der Waals surface area contributed by atoms with E-state index < -0.39 is 11.6 Å². The van der Waals surface area contributed by atoms with Gasteiger partial charge in [0.1, 0.15) is 17.5 Å². The lowest BCUT2D eigenvalue weighted by atomic mass is 9.68. The van der Waals surface area contributed by atoms with Crippen molar-refractivity contribution in [2.45, 2.75) is 38.1 Å². The summed E-state index contributed by atoms with van der Waals surface area (Å²) in [5, 5.41) is 4.16. The van der Waals surface area contributed by atoms with Gasteiger partial charge < -0.3 is 19.9 Å². The third-order valence-electron chi connectivity index (χ3n) is 8.59. The number of fused-ring (bicyclic) bond motifs is 4. The molecule has 0 spiro atoms. The molecule has 1 atom stereocenters. The molecule has 4 aromatic rings. The Morgan fingerprint density at radius 3 is 2.47 bits per heavy atom. The zero-order chi connectivity index (χ0) is 25.6. The molecule has 196 valence electrons. The normalized spacial score (nSPS) is 23.2. The molecule has 38 heavy (non-hydrogen) atoms. The Morgan fingerprint density at radius 2 is 1.74 bits per heavy atom.